The van der Waals surface area contributed by atoms with Crippen LogP contribution in [0.5, 0.6) is 0 Å². The summed E-state index contributed by atoms with van der Waals surface area (Å²) in [7, 11) is -0.427. The Morgan fingerprint density at radius 3 is 2.71 bits per heavy atom. The first-order valence-electron chi connectivity index (χ1n) is 4.96. The standard InChI is InChI=1S/C10H16N2O3S2/c1-12-17(13,14)8-3-4-10(9(11)7-8)16-6-5-15-2/h3-4,7,12H,5-6,11H2,1-2H3. The van der Waals surface area contributed by atoms with Crippen LogP contribution in [0.2, 0.25) is 0 Å². The van der Waals surface area contributed by atoms with E-state index in [1.165, 1.54) is 30.9 Å². The van der Waals surface area contributed by atoms with Gasteiger partial charge >= 0.3 is 0 Å². The molecule has 17 heavy (non-hydrogen) atoms. The van der Waals surface area contributed by atoms with E-state index >= 15 is 0 Å². The Morgan fingerprint density at radius 2 is 2.18 bits per heavy atom. The molecule has 1 rings (SSSR count). The number of anilines is 1. The minimum atomic E-state index is -3.43. The van der Waals surface area contributed by atoms with Gasteiger partial charge in [-0.1, -0.05) is 0 Å². The molecule has 96 valence electrons. The second-order valence-electron chi connectivity index (χ2n) is 3.25. The highest BCUT2D eigenvalue weighted by Gasteiger charge is 2.12. The van der Waals surface area contributed by atoms with Crippen LogP contribution in [0.4, 0.5) is 5.69 Å². The lowest BCUT2D eigenvalue weighted by molar-refractivity contribution is 0.218. The van der Waals surface area contributed by atoms with Crippen molar-refractivity contribution in [1.29, 1.82) is 0 Å². The van der Waals surface area contributed by atoms with Crippen molar-refractivity contribution in [1.82, 2.24) is 4.72 Å². The van der Waals surface area contributed by atoms with Crippen LogP contribution in [0.1, 0.15) is 0 Å². The highest BCUT2D eigenvalue weighted by molar-refractivity contribution is 7.99. The lowest BCUT2D eigenvalue weighted by Crippen LogP contribution is -2.18. The van der Waals surface area contributed by atoms with E-state index in [2.05, 4.69) is 4.72 Å². The molecule has 0 aliphatic rings. The van der Waals surface area contributed by atoms with Gasteiger partial charge in [0.1, 0.15) is 0 Å². The maximum atomic E-state index is 11.5. The van der Waals surface area contributed by atoms with Gasteiger partial charge in [0.05, 0.1) is 11.5 Å². The summed E-state index contributed by atoms with van der Waals surface area (Å²) in [5, 5.41) is 0. The van der Waals surface area contributed by atoms with Crippen molar-refractivity contribution in [3.63, 3.8) is 0 Å². The predicted octanol–water partition coefficient (Wildman–Crippen LogP) is 0.915. The molecule has 5 nitrogen and oxygen atoms in total. The summed E-state index contributed by atoms with van der Waals surface area (Å²) in [5.74, 6) is 0.777. The number of hydrogen-bond acceptors (Lipinski definition) is 5. The Kier molecular flexibility index (Phi) is 5.26. The molecule has 1 aromatic rings. The van der Waals surface area contributed by atoms with Crippen molar-refractivity contribution in [2.24, 2.45) is 0 Å². The maximum absolute atomic E-state index is 11.5. The summed E-state index contributed by atoms with van der Waals surface area (Å²) in [4.78, 5) is 1.03. The highest BCUT2D eigenvalue weighted by atomic mass is 32.2. The number of sulfonamides is 1. The maximum Gasteiger partial charge on any atom is 0.240 e. The smallest absolute Gasteiger partial charge is 0.240 e. The van der Waals surface area contributed by atoms with Gasteiger partial charge in [-0.25, -0.2) is 13.1 Å². The van der Waals surface area contributed by atoms with Crippen molar-refractivity contribution >= 4 is 27.5 Å². The molecule has 1 aromatic carbocycles. The minimum Gasteiger partial charge on any atom is -0.398 e. The van der Waals surface area contributed by atoms with Gasteiger partial charge in [-0.2, -0.15) is 0 Å². The van der Waals surface area contributed by atoms with E-state index in [0.29, 0.717) is 12.3 Å². The lowest BCUT2D eigenvalue weighted by Gasteiger charge is -2.08. The van der Waals surface area contributed by atoms with Crippen LogP contribution in [-0.2, 0) is 14.8 Å². The minimum absolute atomic E-state index is 0.175. The average Bonchev–Trinajstić information content (AvgIpc) is 2.31. The summed E-state index contributed by atoms with van der Waals surface area (Å²) < 4.78 is 30.2. The quantitative estimate of drug-likeness (QED) is 0.458. The molecular formula is C10H16N2O3S2. The molecule has 0 aromatic heterocycles. The van der Waals surface area contributed by atoms with E-state index in [9.17, 15) is 8.42 Å². The number of nitrogens with two attached hydrogens (primary N) is 1. The third-order valence-electron chi connectivity index (χ3n) is 2.11. The molecule has 0 bridgehead atoms. The first-order chi connectivity index (χ1) is 8.01. The summed E-state index contributed by atoms with van der Waals surface area (Å²) in [6.45, 7) is 0.626. The molecule has 0 radical (unpaired) electrons. The monoisotopic (exact) mass is 276 g/mol. The van der Waals surface area contributed by atoms with Crippen LogP contribution < -0.4 is 10.5 Å². The van der Waals surface area contributed by atoms with E-state index in [1.807, 2.05) is 0 Å². The van der Waals surface area contributed by atoms with E-state index in [0.717, 1.165) is 10.6 Å². The molecule has 0 saturated heterocycles. The fourth-order valence-corrected chi connectivity index (χ4v) is 2.80. The zero-order chi connectivity index (χ0) is 12.9. The van der Waals surface area contributed by atoms with Crippen LogP contribution >= 0.6 is 11.8 Å². The Hall–Kier alpha value is -0.760. The van der Waals surface area contributed by atoms with Gasteiger partial charge in [-0.15, -0.1) is 11.8 Å². The molecule has 0 atom stereocenters. The highest BCUT2D eigenvalue weighted by Crippen LogP contribution is 2.27. The zero-order valence-electron chi connectivity index (χ0n) is 9.76. The van der Waals surface area contributed by atoms with Gasteiger partial charge in [-0.05, 0) is 25.2 Å². The van der Waals surface area contributed by atoms with E-state index in [4.69, 9.17) is 10.5 Å². The van der Waals surface area contributed by atoms with Crippen LogP contribution in [0.25, 0.3) is 0 Å². The normalized spacial score (nSPS) is 11.6. The first-order valence-corrected chi connectivity index (χ1v) is 7.43. The Balaban J connectivity index is 2.87. The van der Waals surface area contributed by atoms with E-state index in [-0.39, 0.29) is 4.90 Å². The molecule has 0 amide bonds. The van der Waals surface area contributed by atoms with Gasteiger partial charge < -0.3 is 10.5 Å². The van der Waals surface area contributed by atoms with Gasteiger partial charge in [0.2, 0.25) is 10.0 Å². The van der Waals surface area contributed by atoms with E-state index in [1.54, 1.807) is 13.2 Å². The number of nitrogens with one attached hydrogen (secondary N) is 1. The largest absolute Gasteiger partial charge is 0.398 e. The Morgan fingerprint density at radius 1 is 1.47 bits per heavy atom. The number of benzene rings is 1. The second kappa shape index (κ2) is 6.25. The molecule has 7 heteroatoms. The molecule has 0 saturated carbocycles. The second-order valence-corrected chi connectivity index (χ2v) is 6.27. The molecule has 0 aliphatic carbocycles. The van der Waals surface area contributed by atoms with Crippen molar-refractivity contribution in [2.45, 2.75) is 9.79 Å². The van der Waals surface area contributed by atoms with Gasteiger partial charge in [0.25, 0.3) is 0 Å². The van der Waals surface area contributed by atoms with Gasteiger partial charge in [0, 0.05) is 23.4 Å². The fourth-order valence-electron chi connectivity index (χ4n) is 1.18. The van der Waals surface area contributed by atoms with Gasteiger partial charge in [-0.3, -0.25) is 0 Å². The molecule has 0 fully saturated rings. The first kappa shape index (κ1) is 14.3. The summed E-state index contributed by atoms with van der Waals surface area (Å²) in [6.07, 6.45) is 0. The number of hydrogen-bond donors (Lipinski definition) is 2. The van der Waals surface area contributed by atoms with Crippen molar-refractivity contribution in [3.05, 3.63) is 18.2 Å². The van der Waals surface area contributed by atoms with Crippen LogP contribution in [0.15, 0.2) is 28.0 Å². The van der Waals surface area contributed by atoms with Crippen molar-refractivity contribution < 1.29 is 13.2 Å². The van der Waals surface area contributed by atoms with E-state index < -0.39 is 10.0 Å². The summed E-state index contributed by atoms with van der Waals surface area (Å²) in [5.41, 5.74) is 6.26. The lowest BCUT2D eigenvalue weighted by atomic mass is 10.3. The van der Waals surface area contributed by atoms with Crippen LogP contribution in [0, 0.1) is 0 Å². The molecule has 0 heterocycles. The fraction of sp³-hybridized carbons (Fsp3) is 0.400. The number of ether oxygens (including phenoxy) is 1. The average molecular weight is 276 g/mol. The number of methoxy groups -OCH3 is 1. The molecule has 0 unspecified atom stereocenters. The third-order valence-corrected chi connectivity index (χ3v) is 4.57. The molecule has 0 spiro atoms. The molecule has 3 N–H and O–H groups in total. The van der Waals surface area contributed by atoms with Crippen molar-refractivity contribution in [2.75, 3.05) is 32.3 Å². The Labute approximate surface area is 106 Å². The number of thioether (sulfide) groups is 1. The number of nitrogen functional groups attached to an aromatic ring is 1. The zero-order valence-corrected chi connectivity index (χ0v) is 11.4. The summed E-state index contributed by atoms with van der Waals surface area (Å²) in [6, 6.07) is 4.71. The van der Waals surface area contributed by atoms with Gasteiger partial charge in [0.15, 0.2) is 0 Å². The SMILES string of the molecule is CNS(=O)(=O)c1ccc(SCCOC)c(N)c1. The molecular weight excluding hydrogens is 260 g/mol. The van der Waals surface area contributed by atoms with Crippen LogP contribution in [-0.4, -0.2) is 34.9 Å². The summed E-state index contributed by atoms with van der Waals surface area (Å²) >= 11 is 1.53. The van der Waals surface area contributed by atoms with Crippen LogP contribution in [0.3, 0.4) is 0 Å². The van der Waals surface area contributed by atoms with Crippen molar-refractivity contribution in [3.8, 4) is 0 Å². The topological polar surface area (TPSA) is 81.4 Å². The Bertz CT molecular complexity index is 474. The third kappa shape index (κ3) is 3.88. The number of rotatable bonds is 6. The predicted molar refractivity (Wildman–Crippen MR) is 69.7 cm³/mol. The molecule has 0 aliphatic heterocycles.